The van der Waals surface area contributed by atoms with Crippen molar-refractivity contribution in [2.75, 3.05) is 4.90 Å². The summed E-state index contributed by atoms with van der Waals surface area (Å²) in [5.74, 6) is 0. The van der Waals surface area contributed by atoms with Gasteiger partial charge in [0.05, 0.1) is 0 Å². The number of para-hydroxylation sites is 1. The monoisotopic (exact) mass is 451 g/mol. The van der Waals surface area contributed by atoms with E-state index in [1.807, 2.05) is 0 Å². The molecule has 0 spiro atoms. The number of rotatable bonds is 6. The van der Waals surface area contributed by atoms with Crippen molar-refractivity contribution in [3.8, 4) is 11.1 Å². The van der Waals surface area contributed by atoms with E-state index in [0.29, 0.717) is 0 Å². The van der Waals surface area contributed by atoms with Gasteiger partial charge < -0.3 is 4.90 Å². The number of benzene rings is 5. The molecule has 0 aliphatic heterocycles. The Bertz CT molecular complexity index is 1390. The zero-order valence-corrected chi connectivity index (χ0v) is 20.2. The van der Waals surface area contributed by atoms with Crippen LogP contribution in [0.1, 0.15) is 22.3 Å². The normalized spacial score (nSPS) is 11.0. The zero-order chi connectivity index (χ0) is 24.0. The number of hydrogen-bond donors (Lipinski definition) is 0. The summed E-state index contributed by atoms with van der Waals surface area (Å²) in [5, 5.41) is 0. The Morgan fingerprint density at radius 1 is 0.429 bits per heavy atom. The minimum atomic E-state index is 1.13. The number of aryl methyl sites for hydroxylation is 2. The topological polar surface area (TPSA) is 3.24 Å². The second-order valence-corrected chi connectivity index (χ2v) is 8.93. The molecule has 0 N–H and O–H groups in total. The van der Waals surface area contributed by atoms with Gasteiger partial charge in [0.2, 0.25) is 0 Å². The summed E-state index contributed by atoms with van der Waals surface area (Å²) in [6, 6.07) is 45.2. The third kappa shape index (κ3) is 5.42. The molecule has 0 aliphatic carbocycles. The number of anilines is 3. The molecule has 0 unspecified atom stereocenters. The molecule has 0 aliphatic rings. The third-order valence-corrected chi connectivity index (χ3v) is 6.11. The standard InChI is InChI=1S/C34H29N/c1-26-23-27(2)25-29(24-26)14-13-28-15-19-33(20-16-28)35(32-11-7-4-8-12-32)34-21-17-31(18-22-34)30-9-5-3-6-10-30/h3-25H,1-2H3/b14-13+. The molecule has 0 radical (unpaired) electrons. The molecule has 170 valence electrons. The van der Waals surface area contributed by atoms with E-state index in [-0.39, 0.29) is 0 Å². The van der Waals surface area contributed by atoms with E-state index in [1.165, 1.54) is 33.4 Å². The van der Waals surface area contributed by atoms with Crippen molar-refractivity contribution in [3.05, 3.63) is 150 Å². The quantitative estimate of drug-likeness (QED) is 0.232. The molecule has 0 saturated carbocycles. The maximum absolute atomic E-state index is 2.30. The van der Waals surface area contributed by atoms with Crippen LogP contribution in [0.4, 0.5) is 17.1 Å². The van der Waals surface area contributed by atoms with Crippen LogP contribution in [0.3, 0.4) is 0 Å². The summed E-state index contributed by atoms with van der Waals surface area (Å²) in [4.78, 5) is 2.30. The first-order chi connectivity index (χ1) is 17.2. The van der Waals surface area contributed by atoms with Crippen LogP contribution < -0.4 is 4.90 Å². The van der Waals surface area contributed by atoms with Crippen molar-refractivity contribution >= 4 is 29.2 Å². The van der Waals surface area contributed by atoms with Crippen LogP contribution in [0.15, 0.2) is 127 Å². The van der Waals surface area contributed by atoms with Gasteiger partial charge in [-0.25, -0.2) is 0 Å². The van der Waals surface area contributed by atoms with Crippen LogP contribution in [-0.4, -0.2) is 0 Å². The van der Waals surface area contributed by atoms with Crippen LogP contribution in [0.5, 0.6) is 0 Å². The Morgan fingerprint density at radius 2 is 0.886 bits per heavy atom. The maximum atomic E-state index is 2.30. The lowest BCUT2D eigenvalue weighted by Crippen LogP contribution is -2.09. The average molecular weight is 452 g/mol. The van der Waals surface area contributed by atoms with Gasteiger partial charge in [0.25, 0.3) is 0 Å². The molecule has 0 saturated heterocycles. The van der Waals surface area contributed by atoms with Crippen molar-refractivity contribution in [2.45, 2.75) is 13.8 Å². The van der Waals surface area contributed by atoms with Crippen molar-refractivity contribution < 1.29 is 0 Å². The molecule has 5 aromatic rings. The highest BCUT2D eigenvalue weighted by atomic mass is 15.1. The molecule has 0 aromatic heterocycles. The second kappa shape index (κ2) is 10.3. The molecule has 35 heavy (non-hydrogen) atoms. The molecule has 0 heterocycles. The van der Waals surface area contributed by atoms with E-state index in [2.05, 4.69) is 158 Å². The van der Waals surface area contributed by atoms with Crippen molar-refractivity contribution in [2.24, 2.45) is 0 Å². The van der Waals surface area contributed by atoms with E-state index in [9.17, 15) is 0 Å². The summed E-state index contributed by atoms with van der Waals surface area (Å²) < 4.78 is 0. The minimum absolute atomic E-state index is 1.13. The molecular weight excluding hydrogens is 422 g/mol. The minimum Gasteiger partial charge on any atom is -0.311 e. The third-order valence-electron chi connectivity index (χ3n) is 6.11. The largest absolute Gasteiger partial charge is 0.311 e. The van der Waals surface area contributed by atoms with Crippen molar-refractivity contribution in [1.82, 2.24) is 0 Å². The molecule has 0 fully saturated rings. The highest BCUT2D eigenvalue weighted by Gasteiger charge is 2.12. The van der Waals surface area contributed by atoms with E-state index in [4.69, 9.17) is 0 Å². The average Bonchev–Trinajstić information content (AvgIpc) is 2.89. The lowest BCUT2D eigenvalue weighted by molar-refractivity contribution is 1.28. The van der Waals surface area contributed by atoms with Gasteiger partial charge in [-0.3, -0.25) is 0 Å². The van der Waals surface area contributed by atoms with E-state index in [1.54, 1.807) is 0 Å². The first kappa shape index (κ1) is 22.4. The first-order valence-electron chi connectivity index (χ1n) is 12.0. The molecular formula is C34H29N. The summed E-state index contributed by atoms with van der Waals surface area (Å²) in [6.45, 7) is 4.29. The Balaban J connectivity index is 1.44. The fraction of sp³-hybridized carbons (Fsp3) is 0.0588. The van der Waals surface area contributed by atoms with Gasteiger partial charge in [0.1, 0.15) is 0 Å². The van der Waals surface area contributed by atoms with Crippen molar-refractivity contribution in [3.63, 3.8) is 0 Å². The molecule has 5 rings (SSSR count). The lowest BCUT2D eigenvalue weighted by atomic mass is 10.0. The fourth-order valence-electron chi connectivity index (χ4n) is 4.49. The predicted molar refractivity (Wildman–Crippen MR) is 151 cm³/mol. The van der Waals surface area contributed by atoms with Crippen LogP contribution in [0.2, 0.25) is 0 Å². The Morgan fingerprint density at radius 3 is 1.49 bits per heavy atom. The fourth-order valence-corrected chi connectivity index (χ4v) is 4.49. The van der Waals surface area contributed by atoms with Gasteiger partial charge in [-0.05, 0) is 72.5 Å². The van der Waals surface area contributed by atoms with Crippen LogP contribution in [0.25, 0.3) is 23.3 Å². The molecule has 5 aromatic carbocycles. The van der Waals surface area contributed by atoms with E-state index < -0.39 is 0 Å². The molecule has 0 amide bonds. The smallest absolute Gasteiger partial charge is 0.0462 e. The Labute approximate surface area is 208 Å². The number of hydrogen-bond acceptors (Lipinski definition) is 1. The SMILES string of the molecule is Cc1cc(C)cc(/C=C/c2ccc(N(c3ccccc3)c3ccc(-c4ccccc4)cc3)cc2)c1. The second-order valence-electron chi connectivity index (χ2n) is 8.93. The van der Waals surface area contributed by atoms with Gasteiger partial charge in [-0.2, -0.15) is 0 Å². The zero-order valence-electron chi connectivity index (χ0n) is 20.2. The van der Waals surface area contributed by atoms with Crippen molar-refractivity contribution in [1.29, 1.82) is 0 Å². The maximum Gasteiger partial charge on any atom is 0.0462 e. The predicted octanol–water partition coefficient (Wildman–Crippen LogP) is 9.61. The Kier molecular flexibility index (Phi) is 6.59. The van der Waals surface area contributed by atoms with Gasteiger partial charge in [0.15, 0.2) is 0 Å². The lowest BCUT2D eigenvalue weighted by Gasteiger charge is -2.25. The highest BCUT2D eigenvalue weighted by Crippen LogP contribution is 2.35. The van der Waals surface area contributed by atoms with Gasteiger partial charge in [-0.1, -0.05) is 114 Å². The summed E-state index contributed by atoms with van der Waals surface area (Å²) in [5.41, 5.74) is 10.8. The van der Waals surface area contributed by atoms with Gasteiger partial charge >= 0.3 is 0 Å². The number of nitrogens with zero attached hydrogens (tertiary/aromatic N) is 1. The van der Waals surface area contributed by atoms with Crippen LogP contribution in [-0.2, 0) is 0 Å². The van der Waals surface area contributed by atoms with E-state index in [0.717, 1.165) is 17.1 Å². The summed E-state index contributed by atoms with van der Waals surface area (Å²) in [7, 11) is 0. The molecule has 0 bridgehead atoms. The first-order valence-corrected chi connectivity index (χ1v) is 12.0. The molecule has 1 heteroatoms. The van der Waals surface area contributed by atoms with Gasteiger partial charge in [0, 0.05) is 17.1 Å². The summed E-state index contributed by atoms with van der Waals surface area (Å²) >= 11 is 0. The van der Waals surface area contributed by atoms with E-state index >= 15 is 0 Å². The Hall–Kier alpha value is -4.36. The van der Waals surface area contributed by atoms with Gasteiger partial charge in [-0.15, -0.1) is 0 Å². The van der Waals surface area contributed by atoms with Crippen LogP contribution >= 0.6 is 0 Å². The molecule has 1 nitrogen and oxygen atoms in total. The summed E-state index contributed by atoms with van der Waals surface area (Å²) in [6.07, 6.45) is 4.37. The highest BCUT2D eigenvalue weighted by molar-refractivity contribution is 5.79. The molecule has 0 atom stereocenters. The van der Waals surface area contributed by atoms with Crippen LogP contribution in [0, 0.1) is 13.8 Å².